The Bertz CT molecular complexity index is 714. The quantitative estimate of drug-likeness (QED) is 0.565. The summed E-state index contributed by atoms with van der Waals surface area (Å²) >= 11 is 1.66. The second kappa shape index (κ2) is 9.42. The Morgan fingerprint density at radius 2 is 1.88 bits per heavy atom. The molecule has 0 amide bonds. The Labute approximate surface area is 154 Å². The molecule has 0 aliphatic rings. The van der Waals surface area contributed by atoms with Gasteiger partial charge in [0, 0.05) is 24.7 Å². The number of halogens is 3. The Hall–Kier alpha value is -2.29. The smallest absolute Gasteiger partial charge is 0.422 e. The molecule has 1 aromatic heterocycles. The monoisotopic (exact) mass is 386 g/mol. The van der Waals surface area contributed by atoms with Gasteiger partial charge < -0.3 is 15.4 Å². The second-order valence-corrected chi connectivity index (χ2v) is 6.60. The number of aromatic nitrogens is 1. The first-order chi connectivity index (χ1) is 12.4. The third-order valence-electron chi connectivity index (χ3n) is 3.37. The number of nitrogens with zero attached hydrogens (tertiary/aromatic N) is 2. The number of aryl methyl sites for hydroxylation is 1. The summed E-state index contributed by atoms with van der Waals surface area (Å²) in [6.07, 6.45) is -1.50. The molecule has 1 heterocycles. The van der Waals surface area contributed by atoms with Gasteiger partial charge in [0.2, 0.25) is 0 Å². The molecule has 5 nitrogen and oxygen atoms in total. The van der Waals surface area contributed by atoms with Crippen molar-refractivity contribution in [2.45, 2.75) is 32.6 Å². The van der Waals surface area contributed by atoms with Crippen molar-refractivity contribution in [1.29, 1.82) is 0 Å². The van der Waals surface area contributed by atoms with Gasteiger partial charge in [-0.15, -0.1) is 11.3 Å². The molecule has 2 aromatic rings. The van der Waals surface area contributed by atoms with Crippen LogP contribution in [0.15, 0.2) is 35.5 Å². The summed E-state index contributed by atoms with van der Waals surface area (Å²) in [7, 11) is 1.67. The van der Waals surface area contributed by atoms with E-state index in [2.05, 4.69) is 32.3 Å². The Balaban J connectivity index is 1.78. The van der Waals surface area contributed by atoms with E-state index >= 15 is 0 Å². The number of thiazole rings is 1. The summed E-state index contributed by atoms with van der Waals surface area (Å²) in [5.41, 5.74) is 0.898. The van der Waals surface area contributed by atoms with Crippen LogP contribution in [0.1, 0.15) is 22.4 Å². The number of hydrogen-bond acceptors (Lipinski definition) is 4. The van der Waals surface area contributed by atoms with Crippen molar-refractivity contribution < 1.29 is 17.9 Å². The molecule has 0 saturated heterocycles. The Morgan fingerprint density at radius 1 is 1.19 bits per heavy atom. The lowest BCUT2D eigenvalue weighted by molar-refractivity contribution is -0.153. The fraction of sp³-hybridized carbons (Fsp3) is 0.412. The predicted molar refractivity (Wildman–Crippen MR) is 96.5 cm³/mol. The first-order valence-electron chi connectivity index (χ1n) is 8.06. The van der Waals surface area contributed by atoms with E-state index in [1.54, 1.807) is 30.5 Å². The first kappa shape index (κ1) is 20.0. The minimum absolute atomic E-state index is 0.184. The molecule has 0 bridgehead atoms. The number of alkyl halides is 3. The molecular weight excluding hydrogens is 365 g/mol. The molecule has 0 atom stereocenters. The number of ether oxygens (including phenoxy) is 1. The average molecular weight is 386 g/mol. The van der Waals surface area contributed by atoms with Crippen LogP contribution in [0.5, 0.6) is 5.75 Å². The van der Waals surface area contributed by atoms with Gasteiger partial charge in [0.25, 0.3) is 0 Å². The van der Waals surface area contributed by atoms with Gasteiger partial charge in [-0.25, -0.2) is 4.98 Å². The topological polar surface area (TPSA) is 58.5 Å². The molecule has 2 rings (SSSR count). The number of nitrogens with one attached hydrogen (secondary N) is 2. The van der Waals surface area contributed by atoms with E-state index in [4.69, 9.17) is 0 Å². The van der Waals surface area contributed by atoms with Gasteiger partial charge in [-0.2, -0.15) is 13.2 Å². The van der Waals surface area contributed by atoms with Crippen molar-refractivity contribution in [3.63, 3.8) is 0 Å². The number of benzene rings is 1. The molecule has 0 unspecified atom stereocenters. The van der Waals surface area contributed by atoms with Crippen LogP contribution in [-0.2, 0) is 19.5 Å². The van der Waals surface area contributed by atoms with Gasteiger partial charge in [-0.3, -0.25) is 4.99 Å². The van der Waals surface area contributed by atoms with E-state index in [1.165, 1.54) is 17.0 Å². The Morgan fingerprint density at radius 3 is 2.46 bits per heavy atom. The molecule has 0 radical (unpaired) electrons. The third-order valence-corrected chi connectivity index (χ3v) is 4.51. The minimum Gasteiger partial charge on any atom is -0.484 e. The van der Waals surface area contributed by atoms with Crippen molar-refractivity contribution in [2.24, 2.45) is 4.99 Å². The zero-order valence-electron chi connectivity index (χ0n) is 14.6. The number of hydrogen-bond donors (Lipinski definition) is 2. The van der Waals surface area contributed by atoms with Crippen molar-refractivity contribution in [2.75, 3.05) is 13.7 Å². The lowest BCUT2D eigenvalue weighted by Gasteiger charge is -2.12. The van der Waals surface area contributed by atoms with Gasteiger partial charge in [-0.05, 0) is 24.1 Å². The maximum Gasteiger partial charge on any atom is 0.422 e. The molecule has 1 aromatic carbocycles. The third kappa shape index (κ3) is 6.91. The molecule has 2 N–H and O–H groups in total. The molecular formula is C17H21F3N4OS. The fourth-order valence-corrected chi connectivity index (χ4v) is 2.83. The van der Waals surface area contributed by atoms with Gasteiger partial charge in [-0.1, -0.05) is 19.1 Å². The van der Waals surface area contributed by atoms with Crippen LogP contribution in [0.3, 0.4) is 0 Å². The zero-order chi connectivity index (χ0) is 19.0. The first-order valence-corrected chi connectivity index (χ1v) is 8.88. The molecule has 26 heavy (non-hydrogen) atoms. The summed E-state index contributed by atoms with van der Waals surface area (Å²) in [6.45, 7) is 1.86. The summed E-state index contributed by atoms with van der Waals surface area (Å²) < 4.78 is 41.1. The highest BCUT2D eigenvalue weighted by Gasteiger charge is 2.28. The van der Waals surface area contributed by atoms with Crippen LogP contribution < -0.4 is 15.4 Å². The number of aliphatic imine (C=N–C) groups is 1. The predicted octanol–water partition coefficient (Wildman–Crippen LogP) is 3.51. The molecule has 0 spiro atoms. The van der Waals surface area contributed by atoms with Gasteiger partial charge in [0.1, 0.15) is 10.8 Å². The lowest BCUT2D eigenvalue weighted by atomic mass is 10.2. The van der Waals surface area contributed by atoms with Gasteiger partial charge in [0.15, 0.2) is 12.6 Å². The number of rotatable bonds is 7. The van der Waals surface area contributed by atoms with Crippen LogP contribution >= 0.6 is 11.3 Å². The lowest BCUT2D eigenvalue weighted by Crippen LogP contribution is -2.36. The highest BCUT2D eigenvalue weighted by molar-refractivity contribution is 7.11. The van der Waals surface area contributed by atoms with Crippen LogP contribution in [-0.4, -0.2) is 30.8 Å². The van der Waals surface area contributed by atoms with E-state index in [9.17, 15) is 13.2 Å². The molecule has 0 aliphatic carbocycles. The molecule has 142 valence electrons. The van der Waals surface area contributed by atoms with Crippen molar-refractivity contribution in [3.05, 3.63) is 45.9 Å². The van der Waals surface area contributed by atoms with E-state index in [1.807, 2.05) is 6.20 Å². The van der Waals surface area contributed by atoms with Gasteiger partial charge >= 0.3 is 6.18 Å². The maximum atomic E-state index is 12.1. The molecule has 0 aliphatic heterocycles. The van der Waals surface area contributed by atoms with Crippen LogP contribution in [0.25, 0.3) is 0 Å². The summed E-state index contributed by atoms with van der Waals surface area (Å²) in [5.74, 6) is 0.805. The average Bonchev–Trinajstić information content (AvgIpc) is 3.08. The highest BCUT2D eigenvalue weighted by atomic mass is 32.1. The van der Waals surface area contributed by atoms with Crippen molar-refractivity contribution in [3.8, 4) is 5.75 Å². The normalized spacial score (nSPS) is 12.1. The van der Waals surface area contributed by atoms with E-state index < -0.39 is 12.8 Å². The molecule has 0 fully saturated rings. The van der Waals surface area contributed by atoms with Crippen LogP contribution in [0, 0.1) is 0 Å². The van der Waals surface area contributed by atoms with E-state index in [0.29, 0.717) is 19.0 Å². The Kier molecular flexibility index (Phi) is 7.26. The van der Waals surface area contributed by atoms with E-state index in [-0.39, 0.29) is 5.75 Å². The minimum atomic E-state index is -4.34. The maximum absolute atomic E-state index is 12.1. The molecule has 0 saturated carbocycles. The standard InChI is InChI=1S/C17H21F3N4OS/c1-3-14-9-22-15(26-14)10-24-16(21-2)23-8-12-4-6-13(7-5-12)25-11-17(18,19)20/h4-7,9H,3,8,10-11H2,1-2H3,(H2,21,23,24). The zero-order valence-corrected chi connectivity index (χ0v) is 15.4. The summed E-state index contributed by atoms with van der Waals surface area (Å²) in [5, 5.41) is 7.31. The van der Waals surface area contributed by atoms with Crippen molar-refractivity contribution in [1.82, 2.24) is 15.6 Å². The van der Waals surface area contributed by atoms with Gasteiger partial charge in [0.05, 0.1) is 6.54 Å². The largest absolute Gasteiger partial charge is 0.484 e. The molecule has 9 heteroatoms. The number of guanidine groups is 1. The van der Waals surface area contributed by atoms with Crippen molar-refractivity contribution >= 4 is 17.3 Å². The SMILES string of the molecule is CCc1cnc(CNC(=NC)NCc2ccc(OCC(F)(F)F)cc2)s1. The van der Waals surface area contributed by atoms with Crippen LogP contribution in [0.2, 0.25) is 0 Å². The summed E-state index contributed by atoms with van der Waals surface area (Å²) in [4.78, 5) is 9.71. The van der Waals surface area contributed by atoms with E-state index in [0.717, 1.165) is 17.0 Å². The fourth-order valence-electron chi connectivity index (χ4n) is 2.03. The van der Waals surface area contributed by atoms with Crippen LogP contribution in [0.4, 0.5) is 13.2 Å². The highest BCUT2D eigenvalue weighted by Crippen LogP contribution is 2.18. The second-order valence-electron chi connectivity index (χ2n) is 5.40. The summed E-state index contributed by atoms with van der Waals surface area (Å²) in [6, 6.07) is 6.45.